The maximum atomic E-state index is 12.0. The number of anilines is 1. The van der Waals surface area contributed by atoms with E-state index in [0.717, 1.165) is 0 Å². The molecule has 0 fully saturated rings. The lowest BCUT2D eigenvalue weighted by atomic mass is 10.2. The molecule has 1 amide bonds. The summed E-state index contributed by atoms with van der Waals surface area (Å²) in [7, 11) is 0. The molecule has 0 heterocycles. The number of terminal acetylenes is 1. The SMILES string of the molecule is C#CCN(CC)C(=O)c1ccc(N)c(Cl)c1. The van der Waals surface area contributed by atoms with Crippen molar-refractivity contribution in [1.82, 2.24) is 4.90 Å². The molecule has 16 heavy (non-hydrogen) atoms. The van der Waals surface area contributed by atoms with Crippen molar-refractivity contribution in [2.45, 2.75) is 6.92 Å². The minimum atomic E-state index is -0.137. The third-order valence-electron chi connectivity index (χ3n) is 2.20. The van der Waals surface area contributed by atoms with E-state index in [4.69, 9.17) is 23.8 Å². The predicted molar refractivity (Wildman–Crippen MR) is 66.3 cm³/mol. The fourth-order valence-electron chi connectivity index (χ4n) is 1.28. The van der Waals surface area contributed by atoms with Gasteiger partial charge in [0.1, 0.15) is 0 Å². The zero-order valence-corrected chi connectivity index (χ0v) is 9.79. The van der Waals surface area contributed by atoms with E-state index >= 15 is 0 Å². The standard InChI is InChI=1S/C12H13ClN2O/c1-3-7-15(4-2)12(16)9-5-6-11(14)10(13)8-9/h1,5-6,8H,4,7,14H2,2H3. The number of nitrogens with zero attached hydrogens (tertiary/aromatic N) is 1. The van der Waals surface area contributed by atoms with Gasteiger partial charge in [0.05, 0.1) is 17.3 Å². The summed E-state index contributed by atoms with van der Waals surface area (Å²) in [5.41, 5.74) is 6.52. The van der Waals surface area contributed by atoms with Gasteiger partial charge in [-0.25, -0.2) is 0 Å². The molecule has 4 heteroatoms. The summed E-state index contributed by atoms with van der Waals surface area (Å²) >= 11 is 5.85. The van der Waals surface area contributed by atoms with Crippen LogP contribution in [0.2, 0.25) is 5.02 Å². The van der Waals surface area contributed by atoms with Crippen molar-refractivity contribution in [3.63, 3.8) is 0 Å². The zero-order valence-electron chi connectivity index (χ0n) is 9.03. The molecular weight excluding hydrogens is 224 g/mol. The van der Waals surface area contributed by atoms with Crippen LogP contribution < -0.4 is 5.73 Å². The average molecular weight is 237 g/mol. The lowest BCUT2D eigenvalue weighted by Crippen LogP contribution is -2.31. The molecule has 1 rings (SSSR count). The maximum absolute atomic E-state index is 12.0. The normalized spacial score (nSPS) is 9.56. The number of hydrogen-bond donors (Lipinski definition) is 1. The number of rotatable bonds is 3. The first-order valence-corrected chi connectivity index (χ1v) is 5.25. The highest BCUT2D eigenvalue weighted by Crippen LogP contribution is 2.20. The average Bonchev–Trinajstić information content (AvgIpc) is 2.28. The van der Waals surface area contributed by atoms with Gasteiger partial charge in [0.15, 0.2) is 0 Å². The number of benzene rings is 1. The van der Waals surface area contributed by atoms with E-state index < -0.39 is 0 Å². The van der Waals surface area contributed by atoms with Gasteiger partial charge in [-0.15, -0.1) is 6.42 Å². The summed E-state index contributed by atoms with van der Waals surface area (Å²) in [5, 5.41) is 0.377. The molecule has 1 aromatic carbocycles. The number of halogens is 1. The third-order valence-corrected chi connectivity index (χ3v) is 2.53. The summed E-state index contributed by atoms with van der Waals surface area (Å²) < 4.78 is 0. The Morgan fingerprint density at radius 3 is 2.81 bits per heavy atom. The van der Waals surface area contributed by atoms with Gasteiger partial charge in [-0.2, -0.15) is 0 Å². The Morgan fingerprint density at radius 1 is 1.62 bits per heavy atom. The molecule has 0 unspecified atom stereocenters. The Balaban J connectivity index is 2.95. The molecule has 0 aliphatic rings. The van der Waals surface area contributed by atoms with E-state index in [1.807, 2.05) is 6.92 Å². The molecule has 0 spiro atoms. The topological polar surface area (TPSA) is 46.3 Å². The van der Waals surface area contributed by atoms with E-state index in [2.05, 4.69) is 5.92 Å². The second-order valence-corrected chi connectivity index (χ2v) is 3.67. The van der Waals surface area contributed by atoms with Crippen LogP contribution in [0.1, 0.15) is 17.3 Å². The zero-order chi connectivity index (χ0) is 12.1. The molecular formula is C12H13ClN2O. The van der Waals surface area contributed by atoms with E-state index in [1.165, 1.54) is 0 Å². The molecule has 0 saturated heterocycles. The first-order valence-electron chi connectivity index (χ1n) is 4.88. The highest BCUT2D eigenvalue weighted by Gasteiger charge is 2.13. The van der Waals surface area contributed by atoms with Crippen molar-refractivity contribution in [2.24, 2.45) is 0 Å². The van der Waals surface area contributed by atoms with Crippen LogP contribution >= 0.6 is 11.6 Å². The van der Waals surface area contributed by atoms with Crippen LogP contribution in [-0.2, 0) is 0 Å². The van der Waals surface area contributed by atoms with Crippen LogP contribution in [0, 0.1) is 12.3 Å². The largest absolute Gasteiger partial charge is 0.398 e. The Labute approximate surface area is 100 Å². The Morgan fingerprint density at radius 2 is 2.31 bits per heavy atom. The van der Waals surface area contributed by atoms with Gasteiger partial charge < -0.3 is 10.6 Å². The number of carbonyl (C=O) groups is 1. The van der Waals surface area contributed by atoms with Crippen molar-refractivity contribution in [3.8, 4) is 12.3 Å². The Hall–Kier alpha value is -1.66. The lowest BCUT2D eigenvalue weighted by molar-refractivity contribution is 0.0785. The maximum Gasteiger partial charge on any atom is 0.254 e. The molecule has 0 bridgehead atoms. The van der Waals surface area contributed by atoms with Crippen molar-refractivity contribution >= 4 is 23.2 Å². The number of nitrogen functional groups attached to an aromatic ring is 1. The number of carbonyl (C=O) groups excluding carboxylic acids is 1. The number of hydrogen-bond acceptors (Lipinski definition) is 2. The van der Waals surface area contributed by atoms with E-state index in [1.54, 1.807) is 23.1 Å². The fourth-order valence-corrected chi connectivity index (χ4v) is 1.46. The van der Waals surface area contributed by atoms with Crippen LogP contribution in [0.4, 0.5) is 5.69 Å². The van der Waals surface area contributed by atoms with E-state index in [0.29, 0.717) is 22.8 Å². The second kappa shape index (κ2) is 5.43. The smallest absolute Gasteiger partial charge is 0.254 e. The second-order valence-electron chi connectivity index (χ2n) is 3.26. The molecule has 0 saturated carbocycles. The van der Waals surface area contributed by atoms with Crippen LogP contribution in [-0.4, -0.2) is 23.9 Å². The van der Waals surface area contributed by atoms with Crippen LogP contribution in [0.5, 0.6) is 0 Å². The molecule has 0 radical (unpaired) electrons. The third kappa shape index (κ3) is 2.68. The highest BCUT2D eigenvalue weighted by atomic mass is 35.5. The summed E-state index contributed by atoms with van der Waals surface area (Å²) in [5.74, 6) is 2.31. The van der Waals surface area contributed by atoms with Gasteiger partial charge in [-0.3, -0.25) is 4.79 Å². The monoisotopic (exact) mass is 236 g/mol. The minimum Gasteiger partial charge on any atom is -0.398 e. The van der Waals surface area contributed by atoms with Gasteiger partial charge in [0, 0.05) is 12.1 Å². The van der Waals surface area contributed by atoms with Gasteiger partial charge in [-0.1, -0.05) is 17.5 Å². The fraction of sp³-hybridized carbons (Fsp3) is 0.250. The minimum absolute atomic E-state index is 0.137. The summed E-state index contributed by atoms with van der Waals surface area (Å²) in [4.78, 5) is 13.5. The molecule has 0 aromatic heterocycles. The number of nitrogens with two attached hydrogens (primary N) is 1. The molecule has 2 N–H and O–H groups in total. The quantitative estimate of drug-likeness (QED) is 0.645. The predicted octanol–water partition coefficient (Wildman–Crippen LogP) is 2.02. The Kier molecular flexibility index (Phi) is 4.21. The molecule has 84 valence electrons. The van der Waals surface area contributed by atoms with Gasteiger partial charge in [0.25, 0.3) is 5.91 Å². The van der Waals surface area contributed by atoms with Crippen LogP contribution in [0.25, 0.3) is 0 Å². The van der Waals surface area contributed by atoms with Crippen molar-refractivity contribution in [2.75, 3.05) is 18.8 Å². The summed E-state index contributed by atoms with van der Waals surface area (Å²) in [6, 6.07) is 4.81. The first-order chi connectivity index (χ1) is 7.60. The summed E-state index contributed by atoms with van der Waals surface area (Å²) in [6.07, 6.45) is 5.18. The van der Waals surface area contributed by atoms with Crippen molar-refractivity contribution in [3.05, 3.63) is 28.8 Å². The molecule has 3 nitrogen and oxygen atoms in total. The Bertz CT molecular complexity index is 437. The first kappa shape index (κ1) is 12.4. The highest BCUT2D eigenvalue weighted by molar-refractivity contribution is 6.33. The van der Waals surface area contributed by atoms with Crippen LogP contribution in [0.15, 0.2) is 18.2 Å². The molecule has 0 aliphatic heterocycles. The molecule has 0 atom stereocenters. The van der Waals surface area contributed by atoms with E-state index in [9.17, 15) is 4.79 Å². The van der Waals surface area contributed by atoms with Gasteiger partial charge in [0.2, 0.25) is 0 Å². The van der Waals surface area contributed by atoms with Crippen molar-refractivity contribution < 1.29 is 4.79 Å². The van der Waals surface area contributed by atoms with E-state index in [-0.39, 0.29) is 12.5 Å². The van der Waals surface area contributed by atoms with Gasteiger partial charge in [-0.05, 0) is 25.1 Å². The molecule has 1 aromatic rings. The summed E-state index contributed by atoms with van der Waals surface area (Å²) in [6.45, 7) is 2.72. The van der Waals surface area contributed by atoms with Gasteiger partial charge >= 0.3 is 0 Å². The lowest BCUT2D eigenvalue weighted by Gasteiger charge is -2.18. The number of amides is 1. The van der Waals surface area contributed by atoms with Crippen molar-refractivity contribution in [1.29, 1.82) is 0 Å². The van der Waals surface area contributed by atoms with Crippen LogP contribution in [0.3, 0.4) is 0 Å². The molecule has 0 aliphatic carbocycles.